The van der Waals surface area contributed by atoms with Gasteiger partial charge < -0.3 is 14.4 Å². The first-order valence-corrected chi connectivity index (χ1v) is 10.2. The number of methoxy groups -OCH3 is 1. The number of nitro groups is 1. The van der Waals surface area contributed by atoms with Crippen LogP contribution >= 0.6 is 0 Å². The number of carbonyl (C=O) groups excluding carboxylic acids is 1. The van der Waals surface area contributed by atoms with E-state index in [0.29, 0.717) is 17.2 Å². The van der Waals surface area contributed by atoms with Crippen LogP contribution in [0.2, 0.25) is 0 Å². The second kappa shape index (κ2) is 10.4. The zero-order valence-electron chi connectivity index (χ0n) is 16.9. The molecule has 0 atom stereocenters. The summed E-state index contributed by atoms with van der Waals surface area (Å²) >= 11 is 0. The number of carbonyl (C=O) groups is 1. The Kier molecular flexibility index (Phi) is 7.60. The average Bonchev–Trinajstić information content (AvgIpc) is 2.77. The lowest BCUT2D eigenvalue weighted by molar-refractivity contribution is -0.384. The summed E-state index contributed by atoms with van der Waals surface area (Å²) in [6, 6.07) is 5.09. The number of anilines is 1. The number of esters is 1. The van der Waals surface area contributed by atoms with E-state index in [9.17, 15) is 14.9 Å². The molecule has 0 spiro atoms. The van der Waals surface area contributed by atoms with Gasteiger partial charge in [0.05, 0.1) is 25.2 Å². The van der Waals surface area contributed by atoms with Crippen molar-refractivity contribution in [1.29, 1.82) is 0 Å². The molecule has 8 nitrogen and oxygen atoms in total. The molecule has 0 unspecified atom stereocenters. The molecule has 0 amide bonds. The van der Waals surface area contributed by atoms with Gasteiger partial charge in [0, 0.05) is 38.3 Å². The van der Waals surface area contributed by atoms with Gasteiger partial charge in [-0.1, -0.05) is 6.07 Å². The molecule has 2 heterocycles. The molecule has 0 aromatic heterocycles. The zero-order valence-corrected chi connectivity index (χ0v) is 16.9. The van der Waals surface area contributed by atoms with Gasteiger partial charge in [-0.25, -0.2) is 4.79 Å². The van der Waals surface area contributed by atoms with Crippen molar-refractivity contribution in [3.05, 3.63) is 40.0 Å². The van der Waals surface area contributed by atoms with Crippen LogP contribution in [0, 0.1) is 16.0 Å². The summed E-state index contributed by atoms with van der Waals surface area (Å²) in [5.41, 5.74) is 1.33. The Labute approximate surface area is 171 Å². The Hall–Kier alpha value is -2.45. The molecule has 2 fully saturated rings. The smallest absolute Gasteiger partial charge is 0.330 e. The zero-order chi connectivity index (χ0) is 20.6. The Morgan fingerprint density at radius 3 is 2.66 bits per heavy atom. The highest BCUT2D eigenvalue weighted by molar-refractivity contribution is 5.87. The molecule has 2 aliphatic rings. The summed E-state index contributed by atoms with van der Waals surface area (Å²) in [6.07, 6.45) is 6.06. The fourth-order valence-corrected chi connectivity index (χ4v) is 3.94. The molecule has 0 N–H and O–H groups in total. The van der Waals surface area contributed by atoms with E-state index in [1.807, 2.05) is 0 Å². The first kappa shape index (κ1) is 21.3. The van der Waals surface area contributed by atoms with Crippen LogP contribution in [0.15, 0.2) is 24.3 Å². The van der Waals surface area contributed by atoms with E-state index in [4.69, 9.17) is 4.74 Å². The summed E-state index contributed by atoms with van der Waals surface area (Å²) in [5, 5.41) is 11.6. The molecule has 2 aliphatic heterocycles. The molecule has 1 aromatic carbocycles. The van der Waals surface area contributed by atoms with Crippen molar-refractivity contribution < 1.29 is 19.2 Å². The first-order chi connectivity index (χ1) is 14.1. The lowest BCUT2D eigenvalue weighted by Gasteiger charge is -2.35. The number of nitro benzene ring substituents is 1. The Bertz CT molecular complexity index is 738. The molecule has 2 saturated heterocycles. The Morgan fingerprint density at radius 1 is 1.28 bits per heavy atom. The van der Waals surface area contributed by atoms with Crippen molar-refractivity contribution in [1.82, 2.24) is 4.90 Å². The largest absolute Gasteiger partial charge is 0.466 e. The highest BCUT2D eigenvalue weighted by Gasteiger charge is 2.25. The maximum Gasteiger partial charge on any atom is 0.330 e. The minimum Gasteiger partial charge on any atom is -0.466 e. The lowest BCUT2D eigenvalue weighted by Crippen LogP contribution is -2.39. The Morgan fingerprint density at radius 2 is 2.00 bits per heavy atom. The summed E-state index contributed by atoms with van der Waals surface area (Å²) in [7, 11) is 1.29. The van der Waals surface area contributed by atoms with Crippen LogP contribution in [-0.4, -0.2) is 68.8 Å². The molecule has 1 aromatic rings. The summed E-state index contributed by atoms with van der Waals surface area (Å²) < 4.78 is 9.96. The number of nitrogens with zero attached hydrogens (tertiary/aromatic N) is 3. The maximum absolute atomic E-state index is 11.6. The monoisotopic (exact) mass is 403 g/mol. The van der Waals surface area contributed by atoms with E-state index in [2.05, 4.69) is 14.5 Å². The number of morpholine rings is 1. The minimum atomic E-state index is -0.490. The third-order valence-corrected chi connectivity index (χ3v) is 5.72. The van der Waals surface area contributed by atoms with Crippen LogP contribution in [-0.2, 0) is 14.3 Å². The number of hydrogen-bond acceptors (Lipinski definition) is 7. The molecule has 0 aliphatic carbocycles. The molecular formula is C21H29N3O5. The van der Waals surface area contributed by atoms with Crippen LogP contribution in [0.4, 0.5) is 11.4 Å². The standard InChI is InChI=1S/C21H29N3O5/c1-28-21(25)5-3-18-2-4-19(20(16-18)24(26)27)23-10-7-17(8-11-23)6-9-22-12-14-29-15-13-22/h2-5,16-17H,6-15H2,1H3/b5-3+. The highest BCUT2D eigenvalue weighted by atomic mass is 16.6. The van der Waals surface area contributed by atoms with Crippen molar-refractivity contribution in [2.75, 3.05) is 57.9 Å². The molecule has 0 bridgehead atoms. The number of hydrogen-bond donors (Lipinski definition) is 0. The van der Waals surface area contributed by atoms with Crippen molar-refractivity contribution >= 4 is 23.4 Å². The molecular weight excluding hydrogens is 374 g/mol. The highest BCUT2D eigenvalue weighted by Crippen LogP contribution is 2.33. The molecule has 0 radical (unpaired) electrons. The minimum absolute atomic E-state index is 0.0729. The van der Waals surface area contributed by atoms with E-state index in [1.165, 1.54) is 31.7 Å². The van der Waals surface area contributed by atoms with Gasteiger partial charge in [-0.2, -0.15) is 0 Å². The average molecular weight is 403 g/mol. The molecule has 3 rings (SSSR count). The van der Waals surface area contributed by atoms with Crippen molar-refractivity contribution in [2.24, 2.45) is 5.92 Å². The quantitative estimate of drug-likeness (QED) is 0.299. The normalized spacial score (nSPS) is 18.9. The SMILES string of the molecule is COC(=O)/C=C/c1ccc(N2CCC(CCN3CCOCC3)CC2)c([N+](=O)[O-])c1. The first-order valence-electron chi connectivity index (χ1n) is 10.2. The lowest BCUT2D eigenvalue weighted by atomic mass is 9.92. The number of rotatable bonds is 7. The van der Waals surface area contributed by atoms with Crippen LogP contribution in [0.5, 0.6) is 0 Å². The second-order valence-electron chi connectivity index (χ2n) is 7.53. The van der Waals surface area contributed by atoms with Gasteiger partial charge in [0.1, 0.15) is 5.69 Å². The summed E-state index contributed by atoms with van der Waals surface area (Å²) in [5.74, 6) is 0.172. The summed E-state index contributed by atoms with van der Waals surface area (Å²) in [4.78, 5) is 27.1. The van der Waals surface area contributed by atoms with Crippen molar-refractivity contribution in [3.8, 4) is 0 Å². The third kappa shape index (κ3) is 6.01. The number of piperidine rings is 1. The van der Waals surface area contributed by atoms with E-state index in [1.54, 1.807) is 12.1 Å². The topological polar surface area (TPSA) is 85.2 Å². The van der Waals surface area contributed by atoms with Crippen LogP contribution < -0.4 is 4.90 Å². The second-order valence-corrected chi connectivity index (χ2v) is 7.53. The summed E-state index contributed by atoms with van der Waals surface area (Å²) in [6.45, 7) is 6.44. The predicted molar refractivity (Wildman–Crippen MR) is 111 cm³/mol. The van der Waals surface area contributed by atoms with Crippen LogP contribution in [0.1, 0.15) is 24.8 Å². The van der Waals surface area contributed by atoms with Gasteiger partial charge in [-0.15, -0.1) is 0 Å². The van der Waals surface area contributed by atoms with Gasteiger partial charge in [0.25, 0.3) is 5.69 Å². The molecule has 29 heavy (non-hydrogen) atoms. The van der Waals surface area contributed by atoms with E-state index in [0.717, 1.165) is 58.8 Å². The predicted octanol–water partition coefficient (Wildman–Crippen LogP) is 2.72. The van der Waals surface area contributed by atoms with Gasteiger partial charge in [-0.05, 0) is 49.4 Å². The molecule has 0 saturated carbocycles. The van der Waals surface area contributed by atoms with Crippen LogP contribution in [0.25, 0.3) is 6.08 Å². The van der Waals surface area contributed by atoms with Crippen LogP contribution in [0.3, 0.4) is 0 Å². The van der Waals surface area contributed by atoms with Crippen molar-refractivity contribution in [2.45, 2.75) is 19.3 Å². The molecule has 158 valence electrons. The third-order valence-electron chi connectivity index (χ3n) is 5.72. The van der Waals surface area contributed by atoms with Gasteiger partial charge in [0.15, 0.2) is 0 Å². The molecule has 8 heteroatoms. The number of benzene rings is 1. The van der Waals surface area contributed by atoms with E-state index >= 15 is 0 Å². The fraction of sp³-hybridized carbons (Fsp3) is 0.571. The van der Waals surface area contributed by atoms with Crippen molar-refractivity contribution in [3.63, 3.8) is 0 Å². The number of ether oxygens (including phenoxy) is 2. The Balaban J connectivity index is 1.58. The van der Waals surface area contributed by atoms with Gasteiger partial charge in [-0.3, -0.25) is 15.0 Å². The van der Waals surface area contributed by atoms with Gasteiger partial charge in [0.2, 0.25) is 0 Å². The van der Waals surface area contributed by atoms with E-state index in [-0.39, 0.29) is 10.6 Å². The fourth-order valence-electron chi connectivity index (χ4n) is 3.94. The van der Waals surface area contributed by atoms with E-state index < -0.39 is 5.97 Å². The maximum atomic E-state index is 11.6. The van der Waals surface area contributed by atoms with Gasteiger partial charge >= 0.3 is 5.97 Å².